The molecular formula is C15H28N2O2. The molecule has 1 atom stereocenters. The average Bonchev–Trinajstić information content (AvgIpc) is 2.84. The minimum absolute atomic E-state index is 0.399. The van der Waals surface area contributed by atoms with Gasteiger partial charge < -0.3 is 14.5 Å². The molecule has 0 fully saturated rings. The molecular weight excluding hydrogens is 240 g/mol. The molecule has 0 saturated carbocycles. The Kier molecular flexibility index (Phi) is 7.56. The van der Waals surface area contributed by atoms with E-state index < -0.39 is 0 Å². The van der Waals surface area contributed by atoms with E-state index in [4.69, 9.17) is 9.15 Å². The quantitative estimate of drug-likeness (QED) is 0.701. The summed E-state index contributed by atoms with van der Waals surface area (Å²) in [5, 5.41) is 3.30. The molecule has 1 aromatic heterocycles. The van der Waals surface area contributed by atoms with Gasteiger partial charge in [0, 0.05) is 12.6 Å². The van der Waals surface area contributed by atoms with Crippen LogP contribution in [0.5, 0.6) is 6.08 Å². The largest absolute Gasteiger partial charge is 0.450 e. The van der Waals surface area contributed by atoms with Crippen molar-refractivity contribution in [3.05, 3.63) is 12.0 Å². The van der Waals surface area contributed by atoms with E-state index in [1.54, 1.807) is 6.26 Å². The number of oxazole rings is 1. The number of ether oxygens (including phenoxy) is 1. The van der Waals surface area contributed by atoms with Gasteiger partial charge in [0.2, 0.25) is 0 Å². The first-order chi connectivity index (χ1) is 9.15. The highest BCUT2D eigenvalue weighted by atomic mass is 16.6. The van der Waals surface area contributed by atoms with Gasteiger partial charge in [-0.3, -0.25) is 0 Å². The summed E-state index contributed by atoms with van der Waals surface area (Å²) < 4.78 is 11.0. The van der Waals surface area contributed by atoms with Crippen molar-refractivity contribution in [2.45, 2.75) is 66.0 Å². The highest BCUT2D eigenvalue weighted by Gasteiger charge is 2.10. The zero-order chi connectivity index (χ0) is 14.1. The Morgan fingerprint density at radius 2 is 2.16 bits per heavy atom. The van der Waals surface area contributed by atoms with E-state index in [9.17, 15) is 0 Å². The summed E-state index contributed by atoms with van der Waals surface area (Å²) in [6, 6.07) is 0.444. The Morgan fingerprint density at radius 1 is 1.37 bits per heavy atom. The summed E-state index contributed by atoms with van der Waals surface area (Å²) in [4.78, 5) is 4.32. The van der Waals surface area contributed by atoms with Crippen molar-refractivity contribution >= 4 is 0 Å². The van der Waals surface area contributed by atoms with Crippen LogP contribution in [-0.2, 0) is 6.54 Å². The summed E-state index contributed by atoms with van der Waals surface area (Å²) in [6.45, 7) is 10.1. The molecule has 0 amide bonds. The van der Waals surface area contributed by atoms with Crippen LogP contribution < -0.4 is 10.1 Å². The molecule has 4 heteroatoms. The molecule has 0 aromatic carbocycles. The number of hydrogen-bond acceptors (Lipinski definition) is 4. The van der Waals surface area contributed by atoms with Crippen LogP contribution in [0, 0.1) is 5.92 Å². The van der Waals surface area contributed by atoms with Gasteiger partial charge in [0.05, 0.1) is 12.3 Å². The van der Waals surface area contributed by atoms with Crippen LogP contribution in [0.4, 0.5) is 0 Å². The van der Waals surface area contributed by atoms with Gasteiger partial charge >= 0.3 is 6.08 Å². The third-order valence-electron chi connectivity index (χ3n) is 3.21. The fourth-order valence-corrected chi connectivity index (χ4v) is 1.83. The van der Waals surface area contributed by atoms with E-state index in [0.717, 1.165) is 18.7 Å². The summed E-state index contributed by atoms with van der Waals surface area (Å²) in [6.07, 6.45) is 6.92. The summed E-state index contributed by atoms with van der Waals surface area (Å²) in [7, 11) is 0. The molecule has 1 aromatic rings. The van der Waals surface area contributed by atoms with Crippen molar-refractivity contribution < 1.29 is 9.15 Å². The second-order valence-electron chi connectivity index (χ2n) is 5.37. The monoisotopic (exact) mass is 268 g/mol. The van der Waals surface area contributed by atoms with Crippen molar-refractivity contribution in [2.75, 3.05) is 6.61 Å². The first-order valence-corrected chi connectivity index (χ1v) is 7.46. The molecule has 110 valence electrons. The van der Waals surface area contributed by atoms with Crippen LogP contribution in [0.3, 0.4) is 0 Å². The van der Waals surface area contributed by atoms with Gasteiger partial charge in [-0.15, -0.1) is 0 Å². The minimum Gasteiger partial charge on any atom is -0.450 e. The Morgan fingerprint density at radius 3 is 2.79 bits per heavy atom. The minimum atomic E-state index is 0.399. The van der Waals surface area contributed by atoms with Gasteiger partial charge in [0.15, 0.2) is 0 Å². The number of aromatic nitrogens is 1. The van der Waals surface area contributed by atoms with Crippen LogP contribution in [0.15, 0.2) is 10.7 Å². The van der Waals surface area contributed by atoms with Crippen molar-refractivity contribution in [3.63, 3.8) is 0 Å². The van der Waals surface area contributed by atoms with Crippen molar-refractivity contribution in [3.8, 4) is 6.08 Å². The summed E-state index contributed by atoms with van der Waals surface area (Å²) >= 11 is 0. The van der Waals surface area contributed by atoms with Gasteiger partial charge in [-0.2, -0.15) is 4.98 Å². The molecule has 4 nitrogen and oxygen atoms in total. The maximum atomic E-state index is 5.64. The molecule has 1 N–H and O–H groups in total. The average molecular weight is 268 g/mol. The number of nitrogens with one attached hydrogen (secondary N) is 1. The zero-order valence-corrected chi connectivity index (χ0v) is 12.7. The fraction of sp³-hybridized carbons (Fsp3) is 0.800. The molecule has 1 unspecified atom stereocenters. The molecule has 0 radical (unpaired) electrons. The lowest BCUT2D eigenvalue weighted by atomic mass is 10.0. The predicted molar refractivity (Wildman–Crippen MR) is 77.3 cm³/mol. The Hall–Kier alpha value is -1.03. The maximum Gasteiger partial charge on any atom is 0.393 e. The van der Waals surface area contributed by atoms with E-state index in [1.807, 2.05) is 0 Å². The fourth-order valence-electron chi connectivity index (χ4n) is 1.83. The number of unbranched alkanes of at least 4 members (excludes halogenated alkanes) is 1. The first kappa shape index (κ1) is 16.0. The standard InChI is InChI=1S/C15H28N2O2/c1-5-7-8-13(6-2)10-18-15-17-14(11-19-15)9-16-12(3)4/h11-13,16H,5-10H2,1-4H3. The van der Waals surface area contributed by atoms with E-state index in [2.05, 4.69) is 38.0 Å². The van der Waals surface area contributed by atoms with E-state index in [1.165, 1.54) is 19.3 Å². The van der Waals surface area contributed by atoms with Crippen molar-refractivity contribution in [2.24, 2.45) is 5.92 Å². The molecule has 19 heavy (non-hydrogen) atoms. The third kappa shape index (κ3) is 6.62. The number of nitrogens with zero attached hydrogens (tertiary/aromatic N) is 1. The van der Waals surface area contributed by atoms with Gasteiger partial charge in [-0.25, -0.2) is 0 Å². The topological polar surface area (TPSA) is 47.3 Å². The lowest BCUT2D eigenvalue weighted by Gasteiger charge is -2.13. The molecule has 0 aliphatic rings. The third-order valence-corrected chi connectivity index (χ3v) is 3.21. The lowest BCUT2D eigenvalue weighted by molar-refractivity contribution is 0.179. The van der Waals surface area contributed by atoms with Gasteiger partial charge in [-0.1, -0.05) is 47.0 Å². The maximum absolute atomic E-state index is 5.64. The van der Waals surface area contributed by atoms with Crippen LogP contribution >= 0.6 is 0 Å². The van der Waals surface area contributed by atoms with Crippen molar-refractivity contribution in [1.29, 1.82) is 0 Å². The van der Waals surface area contributed by atoms with Gasteiger partial charge in [-0.05, 0) is 12.3 Å². The first-order valence-electron chi connectivity index (χ1n) is 7.46. The zero-order valence-electron chi connectivity index (χ0n) is 12.7. The van der Waals surface area contributed by atoms with E-state index >= 15 is 0 Å². The molecule has 0 saturated heterocycles. The van der Waals surface area contributed by atoms with Gasteiger partial charge in [0.25, 0.3) is 0 Å². The number of hydrogen-bond donors (Lipinski definition) is 1. The second-order valence-corrected chi connectivity index (χ2v) is 5.37. The van der Waals surface area contributed by atoms with E-state index in [-0.39, 0.29) is 0 Å². The van der Waals surface area contributed by atoms with Crippen molar-refractivity contribution in [1.82, 2.24) is 10.3 Å². The van der Waals surface area contributed by atoms with Crippen LogP contribution in [0.1, 0.15) is 59.1 Å². The molecule has 0 spiro atoms. The highest BCUT2D eigenvalue weighted by Crippen LogP contribution is 2.16. The second kappa shape index (κ2) is 8.97. The molecule has 1 rings (SSSR count). The Labute approximate surface area is 116 Å². The Bertz CT molecular complexity index is 337. The summed E-state index contributed by atoms with van der Waals surface area (Å²) in [5.41, 5.74) is 0.894. The van der Waals surface area contributed by atoms with Crippen LogP contribution in [0.25, 0.3) is 0 Å². The molecule has 0 aliphatic carbocycles. The lowest BCUT2D eigenvalue weighted by Crippen LogP contribution is -2.21. The number of rotatable bonds is 10. The highest BCUT2D eigenvalue weighted by molar-refractivity contribution is 4.99. The van der Waals surface area contributed by atoms with Gasteiger partial charge in [0.1, 0.15) is 6.26 Å². The van der Waals surface area contributed by atoms with E-state index in [0.29, 0.717) is 24.6 Å². The predicted octanol–water partition coefficient (Wildman–Crippen LogP) is 3.77. The molecule has 0 bridgehead atoms. The molecule has 0 aliphatic heterocycles. The normalized spacial score (nSPS) is 12.9. The smallest absolute Gasteiger partial charge is 0.393 e. The summed E-state index contributed by atoms with van der Waals surface area (Å²) in [5.74, 6) is 0.601. The molecule has 1 heterocycles. The Balaban J connectivity index is 2.32. The van der Waals surface area contributed by atoms with Crippen LogP contribution in [0.2, 0.25) is 0 Å². The van der Waals surface area contributed by atoms with Crippen LogP contribution in [-0.4, -0.2) is 17.6 Å². The SMILES string of the molecule is CCCCC(CC)COc1nc(CNC(C)C)co1.